The average molecular weight is 337 g/mol. The molecule has 3 rings (SSSR count). The van der Waals surface area contributed by atoms with Crippen LogP contribution in [0.5, 0.6) is 0 Å². The van der Waals surface area contributed by atoms with Crippen LogP contribution in [0.3, 0.4) is 0 Å². The largest absolute Gasteiger partial charge is 0.369 e. The van der Waals surface area contributed by atoms with E-state index in [0.717, 1.165) is 28.6 Å². The summed E-state index contributed by atoms with van der Waals surface area (Å²) in [6.45, 7) is 3.07. The van der Waals surface area contributed by atoms with Crippen LogP contribution < -0.4 is 4.90 Å². The molecule has 7 nitrogen and oxygen atoms in total. The van der Waals surface area contributed by atoms with Crippen LogP contribution in [-0.4, -0.2) is 72.4 Å². The van der Waals surface area contributed by atoms with Crippen LogP contribution in [-0.2, 0) is 9.59 Å². The minimum Gasteiger partial charge on any atom is -0.369 e. The smallest absolute Gasteiger partial charge is 0.335 e. The molecule has 2 aliphatic heterocycles. The maximum Gasteiger partial charge on any atom is 0.335 e. The highest BCUT2D eigenvalue weighted by atomic mass is 35.5. The van der Waals surface area contributed by atoms with Gasteiger partial charge in [0, 0.05) is 43.9 Å². The monoisotopic (exact) mass is 336 g/mol. The zero-order valence-electron chi connectivity index (χ0n) is 12.7. The van der Waals surface area contributed by atoms with Crippen molar-refractivity contribution in [2.75, 3.05) is 44.8 Å². The molecule has 0 atom stereocenters. The van der Waals surface area contributed by atoms with Crippen molar-refractivity contribution < 1.29 is 14.4 Å². The maximum absolute atomic E-state index is 11.9. The lowest BCUT2D eigenvalue weighted by molar-refractivity contribution is -0.143. The van der Waals surface area contributed by atoms with Crippen LogP contribution in [0.25, 0.3) is 0 Å². The second-order valence-corrected chi connectivity index (χ2v) is 6.04. The number of halogens is 1. The van der Waals surface area contributed by atoms with Gasteiger partial charge in [-0.05, 0) is 18.2 Å². The van der Waals surface area contributed by atoms with Gasteiger partial charge < -0.3 is 4.90 Å². The Labute approximate surface area is 139 Å². The number of imide groups is 2. The van der Waals surface area contributed by atoms with Gasteiger partial charge in [0.25, 0.3) is 0 Å². The van der Waals surface area contributed by atoms with Gasteiger partial charge in [-0.25, -0.2) is 9.69 Å². The number of hydrogen-bond acceptors (Lipinski definition) is 5. The number of carbonyl (C=O) groups is 3. The fourth-order valence-corrected chi connectivity index (χ4v) is 2.94. The summed E-state index contributed by atoms with van der Waals surface area (Å²) >= 11 is 6.01. The first kappa shape index (κ1) is 15.8. The van der Waals surface area contributed by atoms with Crippen LogP contribution in [0.4, 0.5) is 10.5 Å². The van der Waals surface area contributed by atoms with Gasteiger partial charge in [-0.3, -0.25) is 19.4 Å². The Morgan fingerprint density at radius 2 is 1.74 bits per heavy atom. The van der Waals surface area contributed by atoms with Crippen LogP contribution in [0.15, 0.2) is 24.3 Å². The van der Waals surface area contributed by atoms with Crippen molar-refractivity contribution in [1.29, 1.82) is 0 Å². The lowest BCUT2D eigenvalue weighted by Crippen LogP contribution is -2.51. The van der Waals surface area contributed by atoms with Crippen molar-refractivity contribution in [3.05, 3.63) is 29.3 Å². The fraction of sp³-hybridized carbons (Fsp3) is 0.400. The zero-order valence-corrected chi connectivity index (χ0v) is 13.5. The highest BCUT2D eigenvalue weighted by Crippen LogP contribution is 2.21. The number of rotatable bonds is 3. The molecule has 122 valence electrons. The third-order valence-corrected chi connectivity index (χ3v) is 4.37. The summed E-state index contributed by atoms with van der Waals surface area (Å²) in [5, 5.41) is 0.694. The molecule has 0 N–H and O–H groups in total. The second-order valence-electron chi connectivity index (χ2n) is 5.61. The number of benzene rings is 1. The van der Waals surface area contributed by atoms with E-state index in [1.165, 1.54) is 7.05 Å². The van der Waals surface area contributed by atoms with E-state index in [-0.39, 0.29) is 6.67 Å². The van der Waals surface area contributed by atoms with Gasteiger partial charge in [0.05, 0.1) is 6.67 Å². The Morgan fingerprint density at radius 3 is 2.30 bits per heavy atom. The van der Waals surface area contributed by atoms with Crippen molar-refractivity contribution in [2.24, 2.45) is 0 Å². The SMILES string of the molecule is CN1C(=O)C(=O)N(CN2CCN(c3cccc(Cl)c3)CC2)C1=O. The molecule has 23 heavy (non-hydrogen) atoms. The minimum atomic E-state index is -0.771. The Balaban J connectivity index is 1.59. The Bertz CT molecular complexity index is 658. The summed E-state index contributed by atoms with van der Waals surface area (Å²) in [4.78, 5) is 41.2. The number of carbonyl (C=O) groups excluding carboxylic acids is 3. The van der Waals surface area contributed by atoms with Crippen molar-refractivity contribution in [1.82, 2.24) is 14.7 Å². The van der Waals surface area contributed by atoms with E-state index >= 15 is 0 Å². The third-order valence-electron chi connectivity index (χ3n) is 4.14. The van der Waals surface area contributed by atoms with Crippen molar-refractivity contribution >= 4 is 35.1 Å². The molecular formula is C15H17ClN4O3. The van der Waals surface area contributed by atoms with Gasteiger partial charge >= 0.3 is 17.8 Å². The molecule has 0 spiro atoms. The number of anilines is 1. The first-order valence-corrected chi connectivity index (χ1v) is 7.71. The van der Waals surface area contributed by atoms with E-state index in [9.17, 15) is 14.4 Å². The Kier molecular flexibility index (Phi) is 4.23. The number of nitrogens with zero attached hydrogens (tertiary/aromatic N) is 4. The van der Waals surface area contributed by atoms with E-state index in [2.05, 4.69) is 4.90 Å². The summed E-state index contributed by atoms with van der Waals surface area (Å²) in [6, 6.07) is 7.10. The molecule has 0 saturated carbocycles. The predicted octanol–water partition coefficient (Wildman–Crippen LogP) is 0.840. The van der Waals surface area contributed by atoms with Crippen LogP contribution >= 0.6 is 11.6 Å². The van der Waals surface area contributed by atoms with Gasteiger partial charge in [0.1, 0.15) is 0 Å². The normalized spacial score (nSPS) is 19.9. The van der Waals surface area contributed by atoms with Crippen molar-refractivity contribution in [3.8, 4) is 0 Å². The van der Waals surface area contributed by atoms with Gasteiger partial charge in [-0.15, -0.1) is 0 Å². The fourth-order valence-electron chi connectivity index (χ4n) is 2.76. The molecule has 0 aromatic heterocycles. The van der Waals surface area contributed by atoms with Gasteiger partial charge in [-0.1, -0.05) is 17.7 Å². The molecule has 2 saturated heterocycles. The highest BCUT2D eigenvalue weighted by molar-refractivity contribution is 6.44. The van der Waals surface area contributed by atoms with E-state index in [0.29, 0.717) is 18.1 Å². The summed E-state index contributed by atoms with van der Waals surface area (Å²) < 4.78 is 0. The molecule has 2 fully saturated rings. The van der Waals surface area contributed by atoms with Gasteiger partial charge in [-0.2, -0.15) is 0 Å². The molecule has 4 amide bonds. The Morgan fingerprint density at radius 1 is 1.04 bits per heavy atom. The molecule has 0 bridgehead atoms. The molecule has 1 aromatic rings. The molecular weight excluding hydrogens is 320 g/mol. The minimum absolute atomic E-state index is 0.150. The molecule has 2 heterocycles. The molecule has 2 aliphatic rings. The number of likely N-dealkylation sites (N-methyl/N-ethyl adjacent to an activating group) is 1. The first-order chi connectivity index (χ1) is 11.0. The van der Waals surface area contributed by atoms with Gasteiger partial charge in [0.2, 0.25) is 0 Å². The lowest BCUT2D eigenvalue weighted by atomic mass is 10.2. The van der Waals surface area contributed by atoms with Crippen LogP contribution in [0, 0.1) is 0 Å². The number of amides is 4. The highest BCUT2D eigenvalue weighted by Gasteiger charge is 2.42. The summed E-state index contributed by atoms with van der Waals surface area (Å²) in [7, 11) is 1.32. The quantitative estimate of drug-likeness (QED) is 0.604. The lowest BCUT2D eigenvalue weighted by Gasteiger charge is -2.37. The summed E-state index contributed by atoms with van der Waals surface area (Å²) in [6.07, 6.45) is 0. The van der Waals surface area contributed by atoms with Crippen molar-refractivity contribution in [2.45, 2.75) is 0 Å². The molecule has 0 radical (unpaired) electrons. The number of hydrogen-bond donors (Lipinski definition) is 0. The van der Waals surface area contributed by atoms with Crippen LogP contribution in [0.2, 0.25) is 5.02 Å². The number of urea groups is 1. The van der Waals surface area contributed by atoms with E-state index < -0.39 is 17.8 Å². The van der Waals surface area contributed by atoms with Crippen molar-refractivity contribution in [3.63, 3.8) is 0 Å². The zero-order chi connectivity index (χ0) is 16.6. The first-order valence-electron chi connectivity index (χ1n) is 7.34. The van der Waals surface area contributed by atoms with E-state index in [1.54, 1.807) is 0 Å². The predicted molar refractivity (Wildman–Crippen MR) is 85.1 cm³/mol. The molecule has 1 aromatic carbocycles. The van der Waals surface area contributed by atoms with E-state index in [1.807, 2.05) is 29.2 Å². The summed E-state index contributed by atoms with van der Waals surface area (Å²) in [5.41, 5.74) is 1.06. The third kappa shape index (κ3) is 3.02. The van der Waals surface area contributed by atoms with Gasteiger partial charge in [0.15, 0.2) is 0 Å². The second kappa shape index (κ2) is 6.17. The Hall–Kier alpha value is -2.12. The average Bonchev–Trinajstić information content (AvgIpc) is 2.73. The molecule has 8 heteroatoms. The molecule has 0 aliphatic carbocycles. The topological polar surface area (TPSA) is 64.2 Å². The summed E-state index contributed by atoms with van der Waals surface area (Å²) in [5.74, 6) is -1.53. The van der Waals surface area contributed by atoms with E-state index in [4.69, 9.17) is 11.6 Å². The number of piperazine rings is 1. The van der Waals surface area contributed by atoms with Crippen LogP contribution in [0.1, 0.15) is 0 Å². The standard InChI is InChI=1S/C15H17ClN4O3/c1-17-13(21)14(22)20(15(17)23)10-18-5-7-19(8-6-18)12-4-2-3-11(16)9-12/h2-4,9H,5-8,10H2,1H3. The maximum atomic E-state index is 11.9. The molecule has 0 unspecified atom stereocenters.